The van der Waals surface area contributed by atoms with Crippen molar-refractivity contribution in [3.8, 4) is 0 Å². The molecule has 0 unspecified atom stereocenters. The number of pyridine rings is 2. The minimum Gasteiger partial charge on any atom is -0.326 e. The summed E-state index contributed by atoms with van der Waals surface area (Å²) in [5.74, 6) is -0.0508. The van der Waals surface area contributed by atoms with Gasteiger partial charge in [-0.15, -0.1) is 0 Å². The Balaban J connectivity index is 1.93. The number of amides is 1. The van der Waals surface area contributed by atoms with Gasteiger partial charge in [-0.05, 0) is 36.8 Å². The standard InChI is InChI=1S/C20H19N3O/c1-16(19-11-5-6-13-22-19)23(15-17-8-3-2-4-9-17)20(24)18-10-7-12-21-14-18/h2-14,16H,15H2,1H3/t16-/m1/s1. The lowest BCUT2D eigenvalue weighted by Gasteiger charge is -2.29. The highest BCUT2D eigenvalue weighted by Gasteiger charge is 2.23. The van der Waals surface area contributed by atoms with Crippen molar-refractivity contribution in [2.75, 3.05) is 0 Å². The molecule has 0 spiro atoms. The maximum Gasteiger partial charge on any atom is 0.256 e. The highest BCUT2D eigenvalue weighted by atomic mass is 16.2. The van der Waals surface area contributed by atoms with Crippen molar-refractivity contribution in [2.45, 2.75) is 19.5 Å². The Hall–Kier alpha value is -3.01. The van der Waals surface area contributed by atoms with Gasteiger partial charge in [-0.1, -0.05) is 36.4 Å². The summed E-state index contributed by atoms with van der Waals surface area (Å²) in [7, 11) is 0. The second kappa shape index (κ2) is 7.51. The molecule has 3 rings (SSSR count). The second-order valence-electron chi connectivity index (χ2n) is 5.59. The van der Waals surface area contributed by atoms with E-state index < -0.39 is 0 Å². The Labute approximate surface area is 141 Å². The van der Waals surface area contributed by atoms with Crippen LogP contribution >= 0.6 is 0 Å². The molecule has 1 amide bonds. The van der Waals surface area contributed by atoms with Crippen LogP contribution in [-0.2, 0) is 6.54 Å². The first kappa shape index (κ1) is 15.9. The zero-order valence-corrected chi connectivity index (χ0v) is 13.5. The predicted octanol–water partition coefficient (Wildman–Crippen LogP) is 3.88. The fourth-order valence-corrected chi connectivity index (χ4v) is 2.60. The molecule has 1 atom stereocenters. The fourth-order valence-electron chi connectivity index (χ4n) is 2.60. The molecule has 0 saturated carbocycles. The summed E-state index contributed by atoms with van der Waals surface area (Å²) >= 11 is 0. The van der Waals surface area contributed by atoms with E-state index in [0.717, 1.165) is 11.3 Å². The number of carbonyl (C=O) groups excluding carboxylic acids is 1. The number of aromatic nitrogens is 2. The van der Waals surface area contributed by atoms with Gasteiger partial charge in [0, 0.05) is 25.1 Å². The summed E-state index contributed by atoms with van der Waals surface area (Å²) in [6.45, 7) is 2.52. The zero-order valence-electron chi connectivity index (χ0n) is 13.5. The maximum atomic E-state index is 13.0. The molecule has 0 bridgehead atoms. The van der Waals surface area contributed by atoms with E-state index in [1.165, 1.54) is 0 Å². The first-order valence-electron chi connectivity index (χ1n) is 7.91. The van der Waals surface area contributed by atoms with E-state index in [1.807, 2.05) is 60.4 Å². The molecule has 0 saturated heterocycles. The number of nitrogens with zero attached hydrogens (tertiary/aromatic N) is 3. The first-order chi connectivity index (χ1) is 11.8. The van der Waals surface area contributed by atoms with E-state index in [9.17, 15) is 4.79 Å². The van der Waals surface area contributed by atoms with Gasteiger partial charge >= 0.3 is 0 Å². The first-order valence-corrected chi connectivity index (χ1v) is 7.91. The van der Waals surface area contributed by atoms with Crippen LogP contribution in [0.3, 0.4) is 0 Å². The lowest BCUT2D eigenvalue weighted by atomic mass is 10.1. The number of hydrogen-bond donors (Lipinski definition) is 0. The molecule has 2 aromatic heterocycles. The van der Waals surface area contributed by atoms with E-state index in [1.54, 1.807) is 30.7 Å². The van der Waals surface area contributed by atoms with Crippen LogP contribution in [0, 0.1) is 0 Å². The summed E-state index contributed by atoms with van der Waals surface area (Å²) in [4.78, 5) is 23.3. The highest BCUT2D eigenvalue weighted by molar-refractivity contribution is 5.94. The van der Waals surface area contributed by atoms with Gasteiger partial charge < -0.3 is 4.90 Å². The topological polar surface area (TPSA) is 46.1 Å². The van der Waals surface area contributed by atoms with E-state index in [-0.39, 0.29) is 11.9 Å². The van der Waals surface area contributed by atoms with Crippen molar-refractivity contribution in [2.24, 2.45) is 0 Å². The maximum absolute atomic E-state index is 13.0. The molecule has 0 aliphatic heterocycles. The van der Waals surface area contributed by atoms with E-state index in [4.69, 9.17) is 0 Å². The number of rotatable bonds is 5. The summed E-state index contributed by atoms with van der Waals surface area (Å²) in [6.07, 6.45) is 5.02. The Morgan fingerprint density at radius 1 is 1.00 bits per heavy atom. The number of carbonyl (C=O) groups is 1. The van der Waals surface area contributed by atoms with Crippen molar-refractivity contribution in [1.29, 1.82) is 0 Å². The lowest BCUT2D eigenvalue weighted by Crippen LogP contribution is -2.33. The van der Waals surface area contributed by atoms with Crippen LogP contribution in [0.15, 0.2) is 79.3 Å². The van der Waals surface area contributed by atoms with Crippen molar-refractivity contribution >= 4 is 5.91 Å². The van der Waals surface area contributed by atoms with E-state index in [2.05, 4.69) is 9.97 Å². The molecule has 0 aliphatic carbocycles. The molecule has 0 aliphatic rings. The summed E-state index contributed by atoms with van der Waals surface area (Å²) in [6, 6.07) is 19.2. The van der Waals surface area contributed by atoms with Crippen LogP contribution in [0.25, 0.3) is 0 Å². The molecule has 0 N–H and O–H groups in total. The van der Waals surface area contributed by atoms with Gasteiger partial charge in [0.05, 0.1) is 17.3 Å². The Bertz CT molecular complexity index is 776. The summed E-state index contributed by atoms with van der Waals surface area (Å²) in [5.41, 5.74) is 2.53. The van der Waals surface area contributed by atoms with Crippen LogP contribution in [0.4, 0.5) is 0 Å². The van der Waals surface area contributed by atoms with E-state index in [0.29, 0.717) is 12.1 Å². The summed E-state index contributed by atoms with van der Waals surface area (Å²) < 4.78 is 0. The third kappa shape index (κ3) is 3.66. The smallest absolute Gasteiger partial charge is 0.256 e. The van der Waals surface area contributed by atoms with Crippen molar-refractivity contribution in [3.63, 3.8) is 0 Å². The molecule has 0 fully saturated rings. The number of benzene rings is 1. The predicted molar refractivity (Wildman–Crippen MR) is 93.2 cm³/mol. The zero-order chi connectivity index (χ0) is 16.8. The van der Waals surface area contributed by atoms with Crippen molar-refractivity contribution in [1.82, 2.24) is 14.9 Å². The molecule has 120 valence electrons. The van der Waals surface area contributed by atoms with Crippen LogP contribution in [0.1, 0.15) is 34.6 Å². The van der Waals surface area contributed by atoms with Crippen LogP contribution in [-0.4, -0.2) is 20.8 Å². The Morgan fingerprint density at radius 2 is 1.79 bits per heavy atom. The molecular weight excluding hydrogens is 298 g/mol. The monoisotopic (exact) mass is 317 g/mol. The molecule has 1 aromatic carbocycles. The molecule has 0 radical (unpaired) electrons. The highest BCUT2D eigenvalue weighted by Crippen LogP contribution is 2.23. The molecular formula is C20H19N3O. The molecule has 2 heterocycles. The van der Waals surface area contributed by atoms with Gasteiger partial charge in [0.1, 0.15) is 0 Å². The average molecular weight is 317 g/mol. The number of hydrogen-bond acceptors (Lipinski definition) is 3. The summed E-state index contributed by atoms with van der Waals surface area (Å²) in [5, 5.41) is 0. The van der Waals surface area contributed by atoms with Gasteiger partial charge in [0.2, 0.25) is 0 Å². The van der Waals surface area contributed by atoms with Crippen LogP contribution < -0.4 is 0 Å². The Kier molecular flexibility index (Phi) is 4.96. The van der Waals surface area contributed by atoms with Gasteiger partial charge in [0.25, 0.3) is 5.91 Å². The molecule has 4 nitrogen and oxygen atoms in total. The SMILES string of the molecule is C[C@H](c1ccccn1)N(Cc1ccccc1)C(=O)c1cccnc1. The third-order valence-corrected chi connectivity index (χ3v) is 3.95. The van der Waals surface area contributed by atoms with Gasteiger partial charge in [-0.25, -0.2) is 0 Å². The van der Waals surface area contributed by atoms with Crippen LogP contribution in [0.5, 0.6) is 0 Å². The normalized spacial score (nSPS) is 11.7. The van der Waals surface area contributed by atoms with Gasteiger partial charge in [-0.2, -0.15) is 0 Å². The Morgan fingerprint density at radius 3 is 2.46 bits per heavy atom. The van der Waals surface area contributed by atoms with Gasteiger partial charge in [-0.3, -0.25) is 14.8 Å². The van der Waals surface area contributed by atoms with E-state index >= 15 is 0 Å². The lowest BCUT2D eigenvalue weighted by molar-refractivity contribution is 0.0670. The molecule has 3 aromatic rings. The average Bonchev–Trinajstić information content (AvgIpc) is 2.67. The molecule has 4 heteroatoms. The minimum atomic E-state index is -0.140. The minimum absolute atomic E-state index is 0.0508. The fraction of sp³-hybridized carbons (Fsp3) is 0.150. The van der Waals surface area contributed by atoms with Crippen molar-refractivity contribution < 1.29 is 4.79 Å². The quantitative estimate of drug-likeness (QED) is 0.717. The van der Waals surface area contributed by atoms with Crippen molar-refractivity contribution in [3.05, 3.63) is 96.1 Å². The third-order valence-electron chi connectivity index (χ3n) is 3.95. The largest absolute Gasteiger partial charge is 0.326 e. The molecule has 24 heavy (non-hydrogen) atoms. The second-order valence-corrected chi connectivity index (χ2v) is 5.59. The van der Waals surface area contributed by atoms with Gasteiger partial charge in [0.15, 0.2) is 0 Å². The van der Waals surface area contributed by atoms with Crippen LogP contribution in [0.2, 0.25) is 0 Å².